The first kappa shape index (κ1) is 65.6. The quantitative estimate of drug-likeness (QED) is 0.0262. The second-order valence-electron chi connectivity index (χ2n) is 19.1. The Balaban J connectivity index is 4.29. The normalized spacial score (nSPS) is 12.7. The van der Waals surface area contributed by atoms with E-state index in [2.05, 4.69) is 93.7 Å². The van der Waals surface area contributed by atoms with Gasteiger partial charge in [-0.05, 0) is 77.0 Å². The zero-order valence-electron chi connectivity index (χ0n) is 45.3. The highest BCUT2D eigenvalue weighted by atomic mass is 16.6. The lowest BCUT2D eigenvalue weighted by atomic mass is 10.0. The molecular formula is C63H108O6. The Hall–Kier alpha value is -3.41. The molecule has 0 amide bonds. The summed E-state index contributed by atoms with van der Waals surface area (Å²) in [6, 6.07) is 0. The first-order chi connectivity index (χ1) is 34.0. The summed E-state index contributed by atoms with van der Waals surface area (Å²) in [6.45, 7) is 6.34. The number of hydrogen-bond acceptors (Lipinski definition) is 6. The van der Waals surface area contributed by atoms with Crippen molar-refractivity contribution in [1.29, 1.82) is 0 Å². The number of carbonyl (C=O) groups excluding carboxylic acids is 3. The number of rotatable bonds is 52. The average Bonchev–Trinajstić information content (AvgIpc) is 3.35. The Bertz CT molecular complexity index is 1330. The molecule has 1 unspecified atom stereocenters. The van der Waals surface area contributed by atoms with Crippen LogP contribution in [0.1, 0.15) is 278 Å². The van der Waals surface area contributed by atoms with E-state index in [0.717, 1.165) is 89.9 Å². The lowest BCUT2D eigenvalue weighted by Crippen LogP contribution is -2.30. The SMILES string of the molecule is CC/C=C\C/C=C\C/C=C\C/C=C\CCC(=O)OC(COC(=O)CCCCC/C=C\C/C=C\C/C=C\CC)COC(=O)CCCCCCCCCCCCCCCCCCCCCCCCCCC. The third-order valence-electron chi connectivity index (χ3n) is 12.4. The lowest BCUT2D eigenvalue weighted by molar-refractivity contribution is -0.166. The highest BCUT2D eigenvalue weighted by Crippen LogP contribution is 2.17. The van der Waals surface area contributed by atoms with E-state index in [1.54, 1.807) is 0 Å². The molecule has 0 heterocycles. The lowest BCUT2D eigenvalue weighted by Gasteiger charge is -2.18. The van der Waals surface area contributed by atoms with E-state index in [1.165, 1.54) is 141 Å². The molecule has 1 atom stereocenters. The van der Waals surface area contributed by atoms with Crippen molar-refractivity contribution in [2.45, 2.75) is 284 Å². The zero-order valence-corrected chi connectivity index (χ0v) is 45.3. The summed E-state index contributed by atoms with van der Waals surface area (Å²) in [7, 11) is 0. The van der Waals surface area contributed by atoms with Gasteiger partial charge in [0.15, 0.2) is 6.10 Å². The molecule has 396 valence electrons. The standard InChI is InChI=1S/C63H108O6/c1-4-7-10-13-16-19-22-25-26-27-28-29-30-31-32-33-34-35-36-39-41-44-47-50-53-56-62(65)68-59-60(69-63(66)57-54-51-48-45-42-38-24-21-18-15-12-9-6-3)58-67-61(64)55-52-49-46-43-40-37-23-20-17-14-11-8-5-2/h8-9,11-12,17-18,20-21,37-38,40,42,48,51,60H,4-7,10,13-16,19,22-36,39,41,43-47,49-50,52-59H2,1-3H3/b11-8-,12-9-,20-17-,21-18-,40-37-,42-38-,51-48-. The van der Waals surface area contributed by atoms with Crippen LogP contribution in [0.3, 0.4) is 0 Å². The number of ether oxygens (including phenoxy) is 3. The summed E-state index contributed by atoms with van der Waals surface area (Å²) < 4.78 is 16.7. The molecule has 0 aromatic heterocycles. The fourth-order valence-corrected chi connectivity index (χ4v) is 8.12. The van der Waals surface area contributed by atoms with Crippen LogP contribution < -0.4 is 0 Å². The summed E-state index contributed by atoms with van der Waals surface area (Å²) in [5, 5.41) is 0. The molecule has 0 aliphatic rings. The van der Waals surface area contributed by atoms with Crippen LogP contribution in [-0.4, -0.2) is 37.2 Å². The van der Waals surface area contributed by atoms with Gasteiger partial charge in [0.2, 0.25) is 0 Å². The molecule has 0 aliphatic heterocycles. The van der Waals surface area contributed by atoms with Gasteiger partial charge in [0.25, 0.3) is 0 Å². The van der Waals surface area contributed by atoms with Crippen molar-refractivity contribution in [3.63, 3.8) is 0 Å². The fraction of sp³-hybridized carbons (Fsp3) is 0.730. The van der Waals surface area contributed by atoms with Gasteiger partial charge in [0.1, 0.15) is 13.2 Å². The maximum absolute atomic E-state index is 12.8. The third-order valence-corrected chi connectivity index (χ3v) is 12.4. The Labute approximate surface area is 426 Å². The van der Waals surface area contributed by atoms with Gasteiger partial charge < -0.3 is 14.2 Å². The highest BCUT2D eigenvalue weighted by Gasteiger charge is 2.19. The number of esters is 3. The van der Waals surface area contributed by atoms with Crippen LogP contribution >= 0.6 is 0 Å². The van der Waals surface area contributed by atoms with Crippen LogP contribution in [0.2, 0.25) is 0 Å². The number of hydrogen-bond donors (Lipinski definition) is 0. The summed E-state index contributed by atoms with van der Waals surface area (Å²) in [5.41, 5.74) is 0. The second-order valence-corrected chi connectivity index (χ2v) is 19.1. The molecular weight excluding hydrogens is 853 g/mol. The monoisotopic (exact) mass is 961 g/mol. The van der Waals surface area contributed by atoms with Crippen LogP contribution in [0, 0.1) is 0 Å². The highest BCUT2D eigenvalue weighted by molar-refractivity contribution is 5.71. The van der Waals surface area contributed by atoms with Gasteiger partial charge in [0.05, 0.1) is 0 Å². The van der Waals surface area contributed by atoms with Crippen molar-refractivity contribution in [3.05, 3.63) is 85.1 Å². The summed E-state index contributed by atoms with van der Waals surface area (Å²) >= 11 is 0. The van der Waals surface area contributed by atoms with Gasteiger partial charge in [-0.25, -0.2) is 0 Å². The Morgan fingerprint density at radius 1 is 0.304 bits per heavy atom. The molecule has 69 heavy (non-hydrogen) atoms. The van der Waals surface area contributed by atoms with Gasteiger partial charge >= 0.3 is 17.9 Å². The van der Waals surface area contributed by atoms with Gasteiger partial charge in [-0.3, -0.25) is 14.4 Å². The van der Waals surface area contributed by atoms with Crippen LogP contribution in [0.5, 0.6) is 0 Å². The first-order valence-electron chi connectivity index (χ1n) is 29.1. The second kappa shape index (κ2) is 57.2. The predicted octanol–water partition coefficient (Wildman–Crippen LogP) is 19.5. The van der Waals surface area contributed by atoms with Crippen LogP contribution in [-0.2, 0) is 28.6 Å². The van der Waals surface area contributed by atoms with Gasteiger partial charge in [0, 0.05) is 19.3 Å². The predicted molar refractivity (Wildman–Crippen MR) is 297 cm³/mol. The molecule has 0 radical (unpaired) electrons. The summed E-state index contributed by atoms with van der Waals surface area (Å²) in [5.74, 6) is -1.02. The van der Waals surface area contributed by atoms with Crippen molar-refractivity contribution < 1.29 is 28.6 Å². The minimum atomic E-state index is -0.825. The zero-order chi connectivity index (χ0) is 50.0. The molecule has 6 heteroatoms. The molecule has 0 N–H and O–H groups in total. The number of unbranched alkanes of at least 4 members (excludes halogenated alkanes) is 27. The average molecular weight is 962 g/mol. The molecule has 0 saturated carbocycles. The topological polar surface area (TPSA) is 78.9 Å². The van der Waals surface area contributed by atoms with Crippen LogP contribution in [0.25, 0.3) is 0 Å². The fourth-order valence-electron chi connectivity index (χ4n) is 8.12. The summed E-state index contributed by atoms with van der Waals surface area (Å²) in [6.07, 6.45) is 74.8. The smallest absolute Gasteiger partial charge is 0.306 e. The van der Waals surface area contributed by atoms with Crippen molar-refractivity contribution in [3.8, 4) is 0 Å². The minimum absolute atomic E-state index is 0.113. The molecule has 0 aromatic carbocycles. The molecule has 0 aliphatic carbocycles. The van der Waals surface area contributed by atoms with Crippen molar-refractivity contribution in [1.82, 2.24) is 0 Å². The molecule has 0 rings (SSSR count). The number of carbonyl (C=O) groups is 3. The Morgan fingerprint density at radius 3 is 0.942 bits per heavy atom. The maximum atomic E-state index is 12.8. The summed E-state index contributed by atoms with van der Waals surface area (Å²) in [4.78, 5) is 38.0. The Morgan fingerprint density at radius 2 is 0.594 bits per heavy atom. The van der Waals surface area contributed by atoms with E-state index in [0.29, 0.717) is 19.3 Å². The molecule has 0 bridgehead atoms. The molecule has 0 spiro atoms. The van der Waals surface area contributed by atoms with Gasteiger partial charge in [-0.15, -0.1) is 0 Å². The van der Waals surface area contributed by atoms with E-state index in [-0.39, 0.29) is 31.6 Å². The third kappa shape index (κ3) is 55.4. The first-order valence-corrected chi connectivity index (χ1v) is 29.1. The largest absolute Gasteiger partial charge is 0.462 e. The molecule has 6 nitrogen and oxygen atoms in total. The number of allylic oxidation sites excluding steroid dienone is 14. The van der Waals surface area contributed by atoms with Crippen molar-refractivity contribution >= 4 is 17.9 Å². The van der Waals surface area contributed by atoms with E-state index in [4.69, 9.17) is 14.2 Å². The maximum Gasteiger partial charge on any atom is 0.306 e. The van der Waals surface area contributed by atoms with Gasteiger partial charge in [-0.1, -0.05) is 266 Å². The molecule has 0 aromatic rings. The van der Waals surface area contributed by atoms with E-state index < -0.39 is 12.1 Å². The van der Waals surface area contributed by atoms with Crippen LogP contribution in [0.15, 0.2) is 85.1 Å². The van der Waals surface area contributed by atoms with Crippen LogP contribution in [0.4, 0.5) is 0 Å². The van der Waals surface area contributed by atoms with Gasteiger partial charge in [-0.2, -0.15) is 0 Å². The minimum Gasteiger partial charge on any atom is -0.462 e. The van der Waals surface area contributed by atoms with Crippen molar-refractivity contribution in [2.24, 2.45) is 0 Å². The van der Waals surface area contributed by atoms with E-state index in [1.807, 2.05) is 12.2 Å². The molecule has 0 fully saturated rings. The Kier molecular flexibility index (Phi) is 54.3. The molecule has 0 saturated heterocycles. The van der Waals surface area contributed by atoms with E-state index in [9.17, 15) is 14.4 Å². The van der Waals surface area contributed by atoms with E-state index >= 15 is 0 Å². The van der Waals surface area contributed by atoms with Crippen molar-refractivity contribution in [2.75, 3.05) is 13.2 Å².